The van der Waals surface area contributed by atoms with Crippen LogP contribution in [0.3, 0.4) is 0 Å². The van der Waals surface area contributed by atoms with E-state index in [1.165, 1.54) is 11.3 Å². The Kier molecular flexibility index (Phi) is 2.82. The third-order valence-electron chi connectivity index (χ3n) is 3.45. The number of thiophene rings is 1. The molecule has 3 aromatic rings. The highest BCUT2D eigenvalue weighted by atomic mass is 32.1. The maximum absolute atomic E-state index is 12.2. The van der Waals surface area contributed by atoms with Crippen molar-refractivity contribution in [3.05, 3.63) is 52.3 Å². The lowest BCUT2D eigenvalue weighted by Crippen LogP contribution is -2.24. The van der Waals surface area contributed by atoms with E-state index >= 15 is 0 Å². The molecule has 1 aromatic carbocycles. The summed E-state index contributed by atoms with van der Waals surface area (Å²) in [4.78, 5) is 21.6. The highest BCUT2D eigenvalue weighted by Crippen LogP contribution is 2.22. The molecule has 104 valence electrons. The molecule has 3 heterocycles. The first-order chi connectivity index (χ1) is 10.3. The molecule has 1 amide bonds. The topological polar surface area (TPSA) is 59.3 Å². The van der Waals surface area contributed by atoms with E-state index in [1.807, 2.05) is 40.3 Å². The van der Waals surface area contributed by atoms with E-state index in [0.29, 0.717) is 10.5 Å². The van der Waals surface area contributed by atoms with Gasteiger partial charge in [0.05, 0.1) is 10.4 Å². The van der Waals surface area contributed by atoms with Crippen molar-refractivity contribution in [2.24, 2.45) is 4.99 Å². The van der Waals surface area contributed by atoms with Crippen molar-refractivity contribution >= 4 is 34.0 Å². The first kappa shape index (κ1) is 12.3. The lowest BCUT2D eigenvalue weighted by molar-refractivity contribution is 0.100. The van der Waals surface area contributed by atoms with Crippen LogP contribution < -0.4 is 10.9 Å². The number of rotatable bonds is 1. The predicted molar refractivity (Wildman–Crippen MR) is 82.4 cm³/mol. The van der Waals surface area contributed by atoms with Crippen molar-refractivity contribution in [3.63, 3.8) is 0 Å². The highest BCUT2D eigenvalue weighted by Gasteiger charge is 2.15. The molecular formula is C15H12N4OS. The average Bonchev–Trinajstić information content (AvgIpc) is 3.19. The minimum Gasteiger partial charge on any atom is -0.369 e. The zero-order chi connectivity index (χ0) is 14.2. The molecule has 0 spiro atoms. The van der Waals surface area contributed by atoms with Gasteiger partial charge in [-0.05, 0) is 23.6 Å². The SMILES string of the molecule is O=C(N=c1nc2ccccc2c2n1CCN2)c1cccs1. The van der Waals surface area contributed by atoms with Gasteiger partial charge in [-0.1, -0.05) is 18.2 Å². The summed E-state index contributed by atoms with van der Waals surface area (Å²) in [6.07, 6.45) is 0. The zero-order valence-corrected chi connectivity index (χ0v) is 11.9. The Morgan fingerprint density at radius 1 is 1.29 bits per heavy atom. The van der Waals surface area contributed by atoms with Gasteiger partial charge in [0.25, 0.3) is 5.91 Å². The van der Waals surface area contributed by atoms with Gasteiger partial charge >= 0.3 is 0 Å². The average molecular weight is 296 g/mol. The molecule has 0 fully saturated rings. The van der Waals surface area contributed by atoms with E-state index in [9.17, 15) is 4.79 Å². The van der Waals surface area contributed by atoms with Crippen LogP contribution in [0.2, 0.25) is 0 Å². The van der Waals surface area contributed by atoms with Gasteiger partial charge in [0.2, 0.25) is 5.62 Å². The predicted octanol–water partition coefficient (Wildman–Crippen LogP) is 2.26. The number of nitrogens with one attached hydrogen (secondary N) is 1. The third-order valence-corrected chi connectivity index (χ3v) is 4.31. The Bertz CT molecular complexity index is 896. The number of hydrogen-bond donors (Lipinski definition) is 1. The molecule has 1 N–H and O–H groups in total. The first-order valence-corrected chi connectivity index (χ1v) is 7.57. The number of amides is 1. The molecule has 6 heteroatoms. The molecule has 0 saturated carbocycles. The smallest absolute Gasteiger partial charge is 0.290 e. The number of anilines is 1. The molecule has 0 unspecified atom stereocenters. The van der Waals surface area contributed by atoms with Gasteiger partial charge in [-0.2, -0.15) is 4.99 Å². The van der Waals surface area contributed by atoms with Crippen LogP contribution in [0, 0.1) is 0 Å². The Morgan fingerprint density at radius 2 is 2.19 bits per heavy atom. The van der Waals surface area contributed by atoms with E-state index in [1.54, 1.807) is 6.07 Å². The van der Waals surface area contributed by atoms with Crippen LogP contribution in [0.5, 0.6) is 0 Å². The number of hydrogen-bond acceptors (Lipinski definition) is 4. The number of aromatic nitrogens is 2. The summed E-state index contributed by atoms with van der Waals surface area (Å²) in [5.41, 5.74) is 1.31. The van der Waals surface area contributed by atoms with E-state index < -0.39 is 0 Å². The standard InChI is InChI=1S/C15H12N4OS/c20-14(12-6-3-9-21-12)18-15-17-11-5-2-1-4-10(11)13-16-7-8-19(13)15/h1-6,9,16H,7-8H2. The second kappa shape index (κ2) is 4.82. The summed E-state index contributed by atoms with van der Waals surface area (Å²) in [6.45, 7) is 1.59. The molecule has 0 saturated heterocycles. The number of fused-ring (bicyclic) bond motifs is 3. The highest BCUT2D eigenvalue weighted by molar-refractivity contribution is 7.12. The van der Waals surface area contributed by atoms with Crippen LogP contribution >= 0.6 is 11.3 Å². The first-order valence-electron chi connectivity index (χ1n) is 6.69. The van der Waals surface area contributed by atoms with Gasteiger partial charge in [-0.3, -0.25) is 9.36 Å². The van der Waals surface area contributed by atoms with E-state index in [-0.39, 0.29) is 5.91 Å². The van der Waals surface area contributed by atoms with Crippen molar-refractivity contribution in [1.29, 1.82) is 0 Å². The molecule has 21 heavy (non-hydrogen) atoms. The monoisotopic (exact) mass is 296 g/mol. The molecule has 1 aliphatic heterocycles. The molecular weight excluding hydrogens is 284 g/mol. The van der Waals surface area contributed by atoms with Gasteiger partial charge in [-0.25, -0.2) is 4.98 Å². The number of benzene rings is 1. The fourth-order valence-corrected chi connectivity index (χ4v) is 3.11. The van der Waals surface area contributed by atoms with Gasteiger partial charge in [0.1, 0.15) is 5.82 Å². The minimum atomic E-state index is -0.241. The summed E-state index contributed by atoms with van der Waals surface area (Å²) in [5.74, 6) is 0.743. The van der Waals surface area contributed by atoms with Gasteiger partial charge < -0.3 is 5.32 Å². The summed E-state index contributed by atoms with van der Waals surface area (Å²) >= 11 is 1.39. The second-order valence-electron chi connectivity index (χ2n) is 4.75. The van der Waals surface area contributed by atoms with E-state index in [0.717, 1.165) is 29.8 Å². The van der Waals surface area contributed by atoms with Crippen LogP contribution in [0.4, 0.5) is 5.82 Å². The van der Waals surface area contributed by atoms with Crippen molar-refractivity contribution in [2.45, 2.75) is 6.54 Å². The van der Waals surface area contributed by atoms with Crippen LogP contribution in [-0.4, -0.2) is 22.0 Å². The van der Waals surface area contributed by atoms with Gasteiger partial charge in [-0.15, -0.1) is 11.3 Å². The quantitative estimate of drug-likeness (QED) is 0.749. The molecule has 4 rings (SSSR count). The summed E-state index contributed by atoms with van der Waals surface area (Å²) in [6, 6.07) is 11.5. The number of para-hydroxylation sites is 1. The van der Waals surface area contributed by atoms with E-state index in [2.05, 4.69) is 15.3 Å². The van der Waals surface area contributed by atoms with Crippen molar-refractivity contribution in [3.8, 4) is 0 Å². The normalized spacial score (nSPS) is 14.2. The van der Waals surface area contributed by atoms with Crippen LogP contribution in [0.1, 0.15) is 9.67 Å². The lowest BCUT2D eigenvalue weighted by atomic mass is 10.2. The minimum absolute atomic E-state index is 0.241. The Hall–Kier alpha value is -2.47. The van der Waals surface area contributed by atoms with Crippen molar-refractivity contribution < 1.29 is 4.79 Å². The Morgan fingerprint density at radius 3 is 3.05 bits per heavy atom. The lowest BCUT2D eigenvalue weighted by Gasteiger charge is -2.07. The van der Waals surface area contributed by atoms with Crippen LogP contribution in [-0.2, 0) is 6.54 Å². The Balaban J connectivity index is 1.95. The maximum atomic E-state index is 12.2. The second-order valence-corrected chi connectivity index (χ2v) is 5.70. The molecule has 0 bridgehead atoms. The summed E-state index contributed by atoms with van der Waals surface area (Å²) in [7, 11) is 0. The van der Waals surface area contributed by atoms with Crippen molar-refractivity contribution in [1.82, 2.24) is 9.55 Å². The molecule has 0 radical (unpaired) electrons. The molecule has 2 aromatic heterocycles. The molecule has 1 aliphatic rings. The van der Waals surface area contributed by atoms with Gasteiger partial charge in [0.15, 0.2) is 0 Å². The van der Waals surface area contributed by atoms with Gasteiger partial charge in [0, 0.05) is 18.5 Å². The molecule has 0 aliphatic carbocycles. The fraction of sp³-hybridized carbons (Fsp3) is 0.133. The maximum Gasteiger partial charge on any atom is 0.290 e. The largest absolute Gasteiger partial charge is 0.369 e. The summed E-state index contributed by atoms with van der Waals surface area (Å²) in [5, 5.41) is 6.27. The number of nitrogens with zero attached hydrogens (tertiary/aromatic N) is 3. The number of carbonyl (C=O) groups is 1. The van der Waals surface area contributed by atoms with Crippen LogP contribution in [0.25, 0.3) is 10.9 Å². The molecule has 5 nitrogen and oxygen atoms in total. The third kappa shape index (κ3) is 2.04. The molecule has 0 atom stereocenters. The zero-order valence-electron chi connectivity index (χ0n) is 11.1. The Labute approximate surface area is 124 Å². The van der Waals surface area contributed by atoms with E-state index in [4.69, 9.17) is 0 Å². The van der Waals surface area contributed by atoms with Crippen molar-refractivity contribution in [2.75, 3.05) is 11.9 Å². The summed E-state index contributed by atoms with van der Waals surface area (Å²) < 4.78 is 1.97. The van der Waals surface area contributed by atoms with Crippen LogP contribution in [0.15, 0.2) is 46.8 Å². The number of carbonyl (C=O) groups excluding carboxylic acids is 1. The fourth-order valence-electron chi connectivity index (χ4n) is 2.50.